The highest BCUT2D eigenvalue weighted by Crippen LogP contribution is 2.34. The molecule has 3 aromatic carbocycles. The van der Waals surface area contributed by atoms with Gasteiger partial charge in [0.15, 0.2) is 0 Å². The zero-order chi connectivity index (χ0) is 24.2. The molecule has 0 aliphatic carbocycles. The van der Waals surface area contributed by atoms with Crippen molar-refractivity contribution in [3.05, 3.63) is 101 Å². The summed E-state index contributed by atoms with van der Waals surface area (Å²) in [6, 6.07) is 20.4. The average Bonchev–Trinajstić information content (AvgIpc) is 3.31. The lowest BCUT2D eigenvalue weighted by molar-refractivity contribution is -0.0111. The number of hydrogen-bond donors (Lipinski definition) is 1. The summed E-state index contributed by atoms with van der Waals surface area (Å²) >= 11 is 1.78. The molecule has 0 amide bonds. The summed E-state index contributed by atoms with van der Waals surface area (Å²) in [5.74, 6) is -0.208. The third kappa shape index (κ3) is 5.93. The number of β-amino-alcohol motifs (C(OH)–C–C–N with tert-alkyl or cyclic N) is 1. The predicted octanol–water partition coefficient (Wildman–Crippen LogP) is 5.92. The van der Waals surface area contributed by atoms with Crippen molar-refractivity contribution in [2.24, 2.45) is 0 Å². The average molecular weight is 495 g/mol. The second kappa shape index (κ2) is 10.9. The van der Waals surface area contributed by atoms with Gasteiger partial charge in [-0.15, -0.1) is 11.3 Å². The van der Waals surface area contributed by atoms with E-state index in [2.05, 4.69) is 17.0 Å². The Kier molecular flexibility index (Phi) is 7.48. The molecular formula is C28H28F2N2O2S. The molecule has 0 bridgehead atoms. The van der Waals surface area contributed by atoms with Crippen molar-refractivity contribution in [1.82, 2.24) is 9.88 Å². The zero-order valence-corrected chi connectivity index (χ0v) is 20.1. The minimum Gasteiger partial charge on any atom is -0.389 e. The molecule has 35 heavy (non-hydrogen) atoms. The van der Waals surface area contributed by atoms with Gasteiger partial charge in [-0.1, -0.05) is 36.4 Å². The van der Waals surface area contributed by atoms with Gasteiger partial charge >= 0.3 is 0 Å². The van der Waals surface area contributed by atoms with E-state index in [0.717, 1.165) is 42.6 Å². The second-order valence-corrected chi connectivity index (χ2v) is 10.1. The molecule has 4 nitrogen and oxygen atoms in total. The number of halogens is 2. The third-order valence-electron chi connectivity index (χ3n) is 6.52. The number of ether oxygens (including phenoxy) is 1. The van der Waals surface area contributed by atoms with Gasteiger partial charge in [0.05, 0.1) is 27.9 Å². The van der Waals surface area contributed by atoms with Crippen LogP contribution in [0.4, 0.5) is 8.78 Å². The minimum atomic E-state index is -0.669. The summed E-state index contributed by atoms with van der Waals surface area (Å²) in [4.78, 5) is 7.09. The van der Waals surface area contributed by atoms with Gasteiger partial charge in [-0.3, -0.25) is 0 Å². The van der Waals surface area contributed by atoms with Gasteiger partial charge in [-0.2, -0.15) is 0 Å². The fourth-order valence-corrected chi connectivity index (χ4v) is 5.78. The van der Waals surface area contributed by atoms with E-state index in [0.29, 0.717) is 12.5 Å². The Hall–Kier alpha value is -2.71. The molecule has 2 heterocycles. The number of para-hydroxylation sites is 1. The highest BCUT2D eigenvalue weighted by Gasteiger charge is 2.25. The normalized spacial score (nSPS) is 16.2. The van der Waals surface area contributed by atoms with Crippen molar-refractivity contribution in [3.63, 3.8) is 0 Å². The SMILES string of the molecule is OC(COC(c1ccc(F)cc1)c1ccc(F)cc1)CN1CCC(c2nc3ccccc3s2)CC1. The number of piperidine rings is 1. The van der Waals surface area contributed by atoms with Crippen molar-refractivity contribution >= 4 is 21.6 Å². The van der Waals surface area contributed by atoms with E-state index in [1.165, 1.54) is 34.0 Å². The maximum atomic E-state index is 13.4. The first kappa shape index (κ1) is 24.0. The first-order valence-corrected chi connectivity index (χ1v) is 12.8. The number of aromatic nitrogens is 1. The van der Waals surface area contributed by atoms with E-state index in [-0.39, 0.29) is 18.2 Å². The van der Waals surface area contributed by atoms with Crippen LogP contribution >= 0.6 is 11.3 Å². The van der Waals surface area contributed by atoms with Gasteiger partial charge in [0.1, 0.15) is 17.7 Å². The third-order valence-corrected chi connectivity index (χ3v) is 7.72. The van der Waals surface area contributed by atoms with Gasteiger partial charge in [0, 0.05) is 12.5 Å². The Labute approximate surface area is 207 Å². The fourth-order valence-electron chi connectivity index (χ4n) is 4.65. The van der Waals surface area contributed by atoms with Crippen molar-refractivity contribution < 1.29 is 18.6 Å². The van der Waals surface area contributed by atoms with Crippen LogP contribution in [0.5, 0.6) is 0 Å². The number of fused-ring (bicyclic) bond motifs is 1. The van der Waals surface area contributed by atoms with Crippen LogP contribution in [0, 0.1) is 11.6 Å². The summed E-state index contributed by atoms with van der Waals surface area (Å²) in [5, 5.41) is 11.9. The molecule has 1 unspecified atom stereocenters. The van der Waals surface area contributed by atoms with E-state index < -0.39 is 12.2 Å². The number of aliphatic hydroxyl groups excluding tert-OH is 1. The van der Waals surface area contributed by atoms with E-state index in [1.54, 1.807) is 35.6 Å². The molecule has 1 saturated heterocycles. The quantitative estimate of drug-likeness (QED) is 0.330. The maximum absolute atomic E-state index is 13.4. The second-order valence-electron chi connectivity index (χ2n) is 9.07. The Bertz CT molecular complexity index is 1160. The van der Waals surface area contributed by atoms with Crippen molar-refractivity contribution in [1.29, 1.82) is 0 Å². The van der Waals surface area contributed by atoms with Crippen LogP contribution in [0.2, 0.25) is 0 Å². The van der Waals surface area contributed by atoms with Gasteiger partial charge < -0.3 is 14.7 Å². The van der Waals surface area contributed by atoms with Crippen LogP contribution in [-0.2, 0) is 4.74 Å². The van der Waals surface area contributed by atoms with E-state index in [9.17, 15) is 13.9 Å². The maximum Gasteiger partial charge on any atom is 0.123 e. The number of benzene rings is 3. The Morgan fingerprint density at radius 3 is 2.11 bits per heavy atom. The lowest BCUT2D eigenvalue weighted by Gasteiger charge is -2.32. The summed E-state index contributed by atoms with van der Waals surface area (Å²) < 4.78 is 34.2. The van der Waals surface area contributed by atoms with Gasteiger partial charge in [-0.25, -0.2) is 13.8 Å². The minimum absolute atomic E-state index is 0.122. The molecule has 7 heteroatoms. The van der Waals surface area contributed by atoms with E-state index in [1.807, 2.05) is 12.1 Å². The number of likely N-dealkylation sites (tertiary alicyclic amines) is 1. The van der Waals surface area contributed by atoms with Crippen molar-refractivity contribution in [3.8, 4) is 0 Å². The van der Waals surface area contributed by atoms with Crippen LogP contribution in [-0.4, -0.2) is 47.3 Å². The molecule has 182 valence electrons. The Morgan fingerprint density at radius 2 is 1.51 bits per heavy atom. The molecule has 1 N–H and O–H groups in total. The molecule has 0 spiro atoms. The van der Waals surface area contributed by atoms with Crippen molar-refractivity contribution in [2.75, 3.05) is 26.2 Å². The Balaban J connectivity index is 1.16. The van der Waals surface area contributed by atoms with Crippen LogP contribution in [0.15, 0.2) is 72.8 Å². The van der Waals surface area contributed by atoms with E-state index >= 15 is 0 Å². The summed E-state index contributed by atoms with van der Waals surface area (Å²) in [6.45, 7) is 2.44. The summed E-state index contributed by atoms with van der Waals surface area (Å²) in [5.41, 5.74) is 2.57. The number of hydrogen-bond acceptors (Lipinski definition) is 5. The molecule has 1 aromatic heterocycles. The highest BCUT2D eigenvalue weighted by molar-refractivity contribution is 7.18. The predicted molar refractivity (Wildman–Crippen MR) is 135 cm³/mol. The molecule has 4 aromatic rings. The van der Waals surface area contributed by atoms with Gasteiger partial charge in [-0.05, 0) is 73.5 Å². The topological polar surface area (TPSA) is 45.6 Å². The smallest absolute Gasteiger partial charge is 0.123 e. The van der Waals surface area contributed by atoms with E-state index in [4.69, 9.17) is 9.72 Å². The van der Waals surface area contributed by atoms with Crippen LogP contribution in [0.1, 0.15) is 41.0 Å². The number of aliphatic hydroxyl groups is 1. The standard InChI is InChI=1S/C28H28F2N2O2S/c29-22-9-5-19(6-10-22)27(20-7-11-23(30)12-8-20)34-18-24(33)17-32-15-13-21(14-16-32)28-31-25-3-1-2-4-26(25)35-28/h1-12,21,24,27,33H,13-18H2. The van der Waals surface area contributed by atoms with Crippen LogP contribution in [0.25, 0.3) is 10.2 Å². The summed E-state index contributed by atoms with van der Waals surface area (Å²) in [7, 11) is 0. The van der Waals surface area contributed by atoms with Gasteiger partial charge in [0.25, 0.3) is 0 Å². The largest absolute Gasteiger partial charge is 0.389 e. The number of nitrogens with zero attached hydrogens (tertiary/aromatic N) is 2. The molecule has 1 aliphatic heterocycles. The first-order valence-electron chi connectivity index (χ1n) is 11.9. The molecule has 1 atom stereocenters. The van der Waals surface area contributed by atoms with Gasteiger partial charge in [0.2, 0.25) is 0 Å². The highest BCUT2D eigenvalue weighted by atomic mass is 32.1. The monoisotopic (exact) mass is 494 g/mol. The number of rotatable bonds is 8. The molecule has 0 saturated carbocycles. The lowest BCUT2D eigenvalue weighted by atomic mass is 9.97. The van der Waals surface area contributed by atoms with Crippen LogP contribution in [0.3, 0.4) is 0 Å². The molecule has 5 rings (SSSR count). The molecule has 1 fully saturated rings. The number of thiazole rings is 1. The Morgan fingerprint density at radius 1 is 0.914 bits per heavy atom. The van der Waals surface area contributed by atoms with Crippen molar-refractivity contribution in [2.45, 2.75) is 31.0 Å². The zero-order valence-electron chi connectivity index (χ0n) is 19.3. The molecule has 0 radical (unpaired) electrons. The first-order chi connectivity index (χ1) is 17.0. The molecule has 1 aliphatic rings. The summed E-state index contributed by atoms with van der Waals surface area (Å²) in [6.07, 6.45) is 0.843. The lowest BCUT2D eigenvalue weighted by Crippen LogP contribution is -2.40. The fraction of sp³-hybridized carbons (Fsp3) is 0.321. The van der Waals surface area contributed by atoms with Crippen LogP contribution < -0.4 is 0 Å². The molecular weight excluding hydrogens is 466 g/mol.